The van der Waals surface area contributed by atoms with Gasteiger partial charge in [-0.2, -0.15) is 0 Å². The number of rotatable bonds is 10. The zero-order valence-electron chi connectivity index (χ0n) is 20.3. The van der Waals surface area contributed by atoms with E-state index in [0.29, 0.717) is 11.7 Å². The van der Waals surface area contributed by atoms with E-state index >= 15 is 0 Å². The zero-order chi connectivity index (χ0) is 22.1. The number of ether oxygens (including phenoxy) is 1. The van der Waals surface area contributed by atoms with Gasteiger partial charge in [-0.3, -0.25) is 0 Å². The molecule has 2 aliphatic carbocycles. The molecule has 1 aromatic rings. The van der Waals surface area contributed by atoms with Crippen molar-refractivity contribution in [3.8, 4) is 5.75 Å². The molecule has 0 bridgehead atoms. The molecule has 3 rings (SSSR count). The molecule has 1 aromatic carbocycles. The Hall–Kier alpha value is -1.31. The van der Waals surface area contributed by atoms with Crippen LogP contribution in [0.3, 0.4) is 0 Å². The minimum atomic E-state index is -0.213. The van der Waals surface area contributed by atoms with E-state index in [2.05, 4.69) is 26.0 Å². The summed E-state index contributed by atoms with van der Waals surface area (Å²) in [6.07, 6.45) is 20.4. The molecule has 2 heteroatoms. The van der Waals surface area contributed by atoms with E-state index in [1.165, 1.54) is 89.0 Å². The van der Waals surface area contributed by atoms with E-state index < -0.39 is 0 Å². The van der Waals surface area contributed by atoms with Crippen molar-refractivity contribution in [1.82, 2.24) is 0 Å². The monoisotopic (exact) mass is 428 g/mol. The second-order valence-electron chi connectivity index (χ2n) is 10.3. The van der Waals surface area contributed by atoms with Gasteiger partial charge in [-0.1, -0.05) is 58.4 Å². The van der Waals surface area contributed by atoms with Crippen LogP contribution in [0.4, 0.5) is 4.39 Å². The second kappa shape index (κ2) is 12.7. The number of hydrogen-bond donors (Lipinski definition) is 0. The Balaban J connectivity index is 1.47. The van der Waals surface area contributed by atoms with E-state index in [1.807, 2.05) is 13.0 Å². The first-order chi connectivity index (χ1) is 15.1. The van der Waals surface area contributed by atoms with Crippen molar-refractivity contribution in [2.24, 2.45) is 17.8 Å². The van der Waals surface area contributed by atoms with Crippen LogP contribution < -0.4 is 4.74 Å². The minimum absolute atomic E-state index is 0.213. The number of unbranched alkanes of at least 4 members (excludes halogenated alkanes) is 3. The highest BCUT2D eigenvalue weighted by molar-refractivity contribution is 5.32. The predicted molar refractivity (Wildman–Crippen MR) is 130 cm³/mol. The fraction of sp³-hybridized carbons (Fsp3) is 0.724. The third-order valence-electron chi connectivity index (χ3n) is 7.96. The molecule has 31 heavy (non-hydrogen) atoms. The van der Waals surface area contributed by atoms with Gasteiger partial charge >= 0.3 is 0 Å². The first-order valence-electron chi connectivity index (χ1n) is 13.2. The summed E-state index contributed by atoms with van der Waals surface area (Å²) in [4.78, 5) is 0. The summed E-state index contributed by atoms with van der Waals surface area (Å²) in [6, 6.07) is 5.68. The fourth-order valence-electron chi connectivity index (χ4n) is 6.05. The number of allylic oxidation sites excluding steroid dienone is 2. The molecular weight excluding hydrogens is 383 g/mol. The van der Waals surface area contributed by atoms with Crippen molar-refractivity contribution in [2.45, 2.75) is 117 Å². The molecule has 0 heterocycles. The summed E-state index contributed by atoms with van der Waals surface area (Å²) in [5.41, 5.74) is 1.17. The predicted octanol–water partition coefficient (Wildman–Crippen LogP) is 9.57. The molecule has 0 spiro atoms. The Bertz CT molecular complexity index is 678. The molecule has 0 amide bonds. The maximum Gasteiger partial charge on any atom is 0.165 e. The lowest BCUT2D eigenvalue weighted by molar-refractivity contribution is 0.156. The van der Waals surface area contributed by atoms with Crippen LogP contribution in [0, 0.1) is 23.6 Å². The van der Waals surface area contributed by atoms with Crippen LogP contribution in [0.2, 0.25) is 0 Å². The second-order valence-corrected chi connectivity index (χ2v) is 10.3. The van der Waals surface area contributed by atoms with Gasteiger partial charge in [-0.15, -0.1) is 0 Å². The SMILES string of the molecule is CCCCC/C=C(/C)Oc1ccc(C2CCC(C3CCC(CCC)CC3)CC2)cc1F. The van der Waals surface area contributed by atoms with Crippen molar-refractivity contribution >= 4 is 0 Å². The van der Waals surface area contributed by atoms with Crippen molar-refractivity contribution < 1.29 is 9.13 Å². The van der Waals surface area contributed by atoms with E-state index in [1.54, 1.807) is 6.07 Å². The van der Waals surface area contributed by atoms with Crippen LogP contribution in [0.25, 0.3) is 0 Å². The standard InChI is InChI=1S/C29H45FO/c1-4-6-7-8-10-22(3)31-29-20-19-27(21-28(29)30)26-17-15-25(16-18-26)24-13-11-23(9-5-2)12-14-24/h10,19-21,23-26H,4-9,11-18H2,1-3H3/b22-10-. The lowest BCUT2D eigenvalue weighted by Crippen LogP contribution is -2.25. The number of halogens is 1. The van der Waals surface area contributed by atoms with Crippen LogP contribution in [0.5, 0.6) is 5.75 Å². The number of benzene rings is 1. The normalized spacial score (nSPS) is 27.3. The van der Waals surface area contributed by atoms with Crippen LogP contribution in [0.15, 0.2) is 30.0 Å². The van der Waals surface area contributed by atoms with Crippen molar-refractivity contribution in [3.63, 3.8) is 0 Å². The summed E-state index contributed by atoms with van der Waals surface area (Å²) in [5.74, 6) is 4.33. The highest BCUT2D eigenvalue weighted by atomic mass is 19.1. The Kier molecular flexibility index (Phi) is 9.94. The smallest absolute Gasteiger partial charge is 0.165 e. The average molecular weight is 429 g/mol. The zero-order valence-corrected chi connectivity index (χ0v) is 20.3. The van der Waals surface area contributed by atoms with Gasteiger partial charge in [0, 0.05) is 0 Å². The van der Waals surface area contributed by atoms with Gasteiger partial charge in [0.15, 0.2) is 11.6 Å². The van der Waals surface area contributed by atoms with Gasteiger partial charge in [0.2, 0.25) is 0 Å². The molecule has 2 fully saturated rings. The van der Waals surface area contributed by atoms with E-state index in [9.17, 15) is 4.39 Å². The van der Waals surface area contributed by atoms with Gasteiger partial charge in [-0.05, 0) is 106 Å². The third-order valence-corrected chi connectivity index (χ3v) is 7.96. The van der Waals surface area contributed by atoms with Gasteiger partial charge in [0.1, 0.15) is 0 Å². The third kappa shape index (κ3) is 7.36. The van der Waals surface area contributed by atoms with E-state index in [0.717, 1.165) is 29.9 Å². The molecule has 0 atom stereocenters. The molecule has 0 unspecified atom stereocenters. The van der Waals surface area contributed by atoms with Gasteiger partial charge < -0.3 is 4.74 Å². The molecule has 174 valence electrons. The Labute approximate surface area is 190 Å². The summed E-state index contributed by atoms with van der Waals surface area (Å²) in [6.45, 7) is 6.45. The van der Waals surface area contributed by atoms with Gasteiger partial charge in [0.25, 0.3) is 0 Å². The highest BCUT2D eigenvalue weighted by Gasteiger charge is 2.31. The first kappa shape index (κ1) is 24.3. The summed E-state index contributed by atoms with van der Waals surface area (Å²) >= 11 is 0. The topological polar surface area (TPSA) is 9.23 Å². The van der Waals surface area contributed by atoms with Gasteiger partial charge in [-0.25, -0.2) is 4.39 Å². The van der Waals surface area contributed by atoms with Crippen molar-refractivity contribution in [1.29, 1.82) is 0 Å². The van der Waals surface area contributed by atoms with Crippen molar-refractivity contribution in [3.05, 3.63) is 41.4 Å². The average Bonchev–Trinajstić information content (AvgIpc) is 2.79. The molecule has 2 saturated carbocycles. The lowest BCUT2D eigenvalue weighted by atomic mass is 9.68. The van der Waals surface area contributed by atoms with Crippen LogP contribution in [0.1, 0.15) is 122 Å². The van der Waals surface area contributed by atoms with Crippen molar-refractivity contribution in [2.75, 3.05) is 0 Å². The maximum atomic E-state index is 14.7. The molecule has 1 nitrogen and oxygen atoms in total. The summed E-state index contributed by atoms with van der Waals surface area (Å²) < 4.78 is 20.5. The lowest BCUT2D eigenvalue weighted by Gasteiger charge is -2.38. The van der Waals surface area contributed by atoms with E-state index in [4.69, 9.17) is 4.74 Å². The molecule has 0 aliphatic heterocycles. The molecule has 0 aromatic heterocycles. The molecular formula is C29H45FO. The molecule has 2 aliphatic rings. The Morgan fingerprint density at radius 2 is 1.61 bits per heavy atom. The van der Waals surface area contributed by atoms with Crippen LogP contribution in [-0.4, -0.2) is 0 Å². The van der Waals surface area contributed by atoms with E-state index in [-0.39, 0.29) is 5.82 Å². The minimum Gasteiger partial charge on any atom is -0.459 e. The quantitative estimate of drug-likeness (QED) is 0.266. The first-order valence-corrected chi connectivity index (χ1v) is 13.2. The largest absolute Gasteiger partial charge is 0.459 e. The Morgan fingerprint density at radius 3 is 2.23 bits per heavy atom. The van der Waals surface area contributed by atoms with Crippen LogP contribution in [-0.2, 0) is 0 Å². The Morgan fingerprint density at radius 1 is 0.935 bits per heavy atom. The number of hydrogen-bond acceptors (Lipinski definition) is 1. The fourth-order valence-corrected chi connectivity index (χ4v) is 6.05. The molecule has 0 radical (unpaired) electrons. The maximum absolute atomic E-state index is 14.7. The summed E-state index contributed by atoms with van der Waals surface area (Å²) in [5, 5.41) is 0. The molecule has 0 N–H and O–H groups in total. The van der Waals surface area contributed by atoms with Gasteiger partial charge in [0.05, 0.1) is 5.76 Å². The van der Waals surface area contributed by atoms with Crippen LogP contribution >= 0.6 is 0 Å². The molecule has 0 saturated heterocycles. The highest BCUT2D eigenvalue weighted by Crippen LogP contribution is 2.44. The summed E-state index contributed by atoms with van der Waals surface area (Å²) in [7, 11) is 0.